The topological polar surface area (TPSA) is 74.6 Å². The molecule has 0 amide bonds. The van der Waals surface area contributed by atoms with Gasteiger partial charge in [-0.05, 0) is 19.3 Å². The van der Waals surface area contributed by atoms with Crippen LogP contribution in [0.1, 0.15) is 33.1 Å². The number of aliphatic carboxylic acids is 2. The van der Waals surface area contributed by atoms with E-state index in [1.165, 1.54) is 0 Å². The molecular weight excluding hydrogens is 172 g/mol. The van der Waals surface area contributed by atoms with Gasteiger partial charge in [-0.25, -0.2) is 0 Å². The highest BCUT2D eigenvalue weighted by atomic mass is 16.4. The molecule has 2 atom stereocenters. The number of carboxylic acid groups (broad SMARTS) is 2. The van der Waals surface area contributed by atoms with Gasteiger partial charge < -0.3 is 10.2 Å². The van der Waals surface area contributed by atoms with Gasteiger partial charge in [0.2, 0.25) is 0 Å². The van der Waals surface area contributed by atoms with Crippen molar-refractivity contribution in [3.8, 4) is 0 Å². The van der Waals surface area contributed by atoms with Gasteiger partial charge in [0.25, 0.3) is 0 Å². The van der Waals surface area contributed by atoms with Crippen molar-refractivity contribution in [3.05, 3.63) is 0 Å². The summed E-state index contributed by atoms with van der Waals surface area (Å²) in [5, 5.41) is 17.2. The normalized spacial score (nSPS) is 14.9. The van der Waals surface area contributed by atoms with Gasteiger partial charge in [0.05, 0.1) is 11.8 Å². The van der Waals surface area contributed by atoms with Crippen LogP contribution in [0, 0.1) is 11.8 Å². The lowest BCUT2D eigenvalue weighted by atomic mass is 9.95. The Morgan fingerprint density at radius 1 is 1.15 bits per heavy atom. The Morgan fingerprint density at radius 3 is 2.00 bits per heavy atom. The Morgan fingerprint density at radius 2 is 1.69 bits per heavy atom. The molecule has 4 heteroatoms. The molecule has 76 valence electrons. The third-order valence-electron chi connectivity index (χ3n) is 2.21. The molecule has 0 saturated carbocycles. The Labute approximate surface area is 77.6 Å². The summed E-state index contributed by atoms with van der Waals surface area (Å²) in [6, 6.07) is 0. The zero-order valence-corrected chi connectivity index (χ0v) is 7.99. The second-order valence-electron chi connectivity index (χ2n) is 3.26. The highest BCUT2D eigenvalue weighted by Gasteiger charge is 2.18. The second-order valence-corrected chi connectivity index (χ2v) is 3.26. The van der Waals surface area contributed by atoms with Crippen LogP contribution in [0.4, 0.5) is 0 Å². The average Bonchev–Trinajstić information content (AvgIpc) is 2.04. The predicted molar refractivity (Wildman–Crippen MR) is 47.5 cm³/mol. The molecule has 0 aliphatic carbocycles. The lowest BCUT2D eigenvalue weighted by molar-refractivity contribution is -0.144. The maximum Gasteiger partial charge on any atom is 0.306 e. The van der Waals surface area contributed by atoms with Gasteiger partial charge in [-0.1, -0.05) is 13.8 Å². The summed E-state index contributed by atoms with van der Waals surface area (Å²) in [6.07, 6.45) is 1.43. The van der Waals surface area contributed by atoms with Crippen LogP contribution in [0.15, 0.2) is 0 Å². The molecule has 2 N–H and O–H groups in total. The number of rotatable bonds is 6. The molecule has 4 nitrogen and oxygen atoms in total. The van der Waals surface area contributed by atoms with Crippen LogP contribution in [0.2, 0.25) is 0 Å². The lowest BCUT2D eigenvalue weighted by Crippen LogP contribution is -2.16. The summed E-state index contributed by atoms with van der Waals surface area (Å²) >= 11 is 0. The maximum atomic E-state index is 10.6. The number of carboxylic acids is 2. The monoisotopic (exact) mass is 188 g/mol. The van der Waals surface area contributed by atoms with E-state index < -0.39 is 23.8 Å². The van der Waals surface area contributed by atoms with E-state index in [-0.39, 0.29) is 0 Å². The van der Waals surface area contributed by atoms with Gasteiger partial charge in [0.15, 0.2) is 0 Å². The fourth-order valence-corrected chi connectivity index (χ4v) is 1.08. The van der Waals surface area contributed by atoms with Crippen LogP contribution in [0.25, 0.3) is 0 Å². The first-order valence-electron chi connectivity index (χ1n) is 4.44. The molecule has 0 rings (SSSR count). The minimum atomic E-state index is -0.861. The van der Waals surface area contributed by atoms with E-state index in [1.54, 1.807) is 13.8 Å². The highest BCUT2D eigenvalue weighted by molar-refractivity contribution is 5.71. The van der Waals surface area contributed by atoms with Gasteiger partial charge >= 0.3 is 11.9 Å². The lowest BCUT2D eigenvalue weighted by Gasteiger charge is -2.11. The summed E-state index contributed by atoms with van der Waals surface area (Å²) in [5.74, 6) is -2.55. The largest absolute Gasteiger partial charge is 0.481 e. The van der Waals surface area contributed by atoms with E-state index in [9.17, 15) is 9.59 Å². The summed E-state index contributed by atoms with van der Waals surface area (Å²) in [6.45, 7) is 3.39. The first-order valence-corrected chi connectivity index (χ1v) is 4.44. The zero-order valence-electron chi connectivity index (χ0n) is 7.99. The van der Waals surface area contributed by atoms with Gasteiger partial charge in [-0.3, -0.25) is 9.59 Å². The molecule has 0 aromatic heterocycles. The molecule has 0 bridgehead atoms. The smallest absolute Gasteiger partial charge is 0.306 e. The second kappa shape index (κ2) is 5.56. The van der Waals surface area contributed by atoms with Crippen molar-refractivity contribution in [2.24, 2.45) is 11.8 Å². The van der Waals surface area contributed by atoms with Crippen LogP contribution in [0.5, 0.6) is 0 Å². The molecule has 0 unspecified atom stereocenters. The number of hydrogen-bond donors (Lipinski definition) is 2. The Kier molecular flexibility index (Phi) is 5.11. The summed E-state index contributed by atoms with van der Waals surface area (Å²) in [4.78, 5) is 21.0. The SMILES string of the molecule is CC[C@@H](CC[C@@H](C)C(=O)O)C(=O)O. The Bertz CT molecular complexity index is 188. The molecule has 0 aromatic rings. The van der Waals surface area contributed by atoms with E-state index in [1.807, 2.05) is 0 Å². The fourth-order valence-electron chi connectivity index (χ4n) is 1.08. The molecule has 0 saturated heterocycles. The van der Waals surface area contributed by atoms with Crippen molar-refractivity contribution in [2.75, 3.05) is 0 Å². The van der Waals surface area contributed by atoms with Crippen LogP contribution >= 0.6 is 0 Å². The fraction of sp³-hybridized carbons (Fsp3) is 0.778. The van der Waals surface area contributed by atoms with Gasteiger partial charge in [-0.2, -0.15) is 0 Å². The van der Waals surface area contributed by atoms with Gasteiger partial charge in [-0.15, -0.1) is 0 Å². The molecule has 0 aliphatic rings. The van der Waals surface area contributed by atoms with E-state index in [0.717, 1.165) is 0 Å². The molecule has 0 spiro atoms. The van der Waals surface area contributed by atoms with Crippen LogP contribution in [-0.4, -0.2) is 22.2 Å². The molecule has 0 fully saturated rings. The van der Waals surface area contributed by atoms with Crippen molar-refractivity contribution in [1.29, 1.82) is 0 Å². The van der Waals surface area contributed by atoms with Crippen molar-refractivity contribution < 1.29 is 19.8 Å². The van der Waals surface area contributed by atoms with Crippen LogP contribution in [0.3, 0.4) is 0 Å². The summed E-state index contributed by atoms with van der Waals surface area (Å²) < 4.78 is 0. The van der Waals surface area contributed by atoms with E-state index in [0.29, 0.717) is 19.3 Å². The molecule has 0 aromatic carbocycles. The van der Waals surface area contributed by atoms with Crippen molar-refractivity contribution >= 4 is 11.9 Å². The number of hydrogen-bond acceptors (Lipinski definition) is 2. The number of carbonyl (C=O) groups is 2. The first-order chi connectivity index (χ1) is 5.99. The average molecular weight is 188 g/mol. The molecule has 0 aliphatic heterocycles. The van der Waals surface area contributed by atoms with Crippen LogP contribution in [-0.2, 0) is 9.59 Å². The van der Waals surface area contributed by atoms with E-state index >= 15 is 0 Å². The van der Waals surface area contributed by atoms with Crippen LogP contribution < -0.4 is 0 Å². The molecule has 0 radical (unpaired) electrons. The summed E-state index contributed by atoms with van der Waals surface area (Å²) in [7, 11) is 0. The van der Waals surface area contributed by atoms with Gasteiger partial charge in [0.1, 0.15) is 0 Å². The predicted octanol–water partition coefficient (Wildman–Crippen LogP) is 1.60. The minimum absolute atomic E-state index is 0.401. The van der Waals surface area contributed by atoms with Crippen molar-refractivity contribution in [2.45, 2.75) is 33.1 Å². The Balaban J connectivity index is 3.85. The molecule has 13 heavy (non-hydrogen) atoms. The molecule has 0 heterocycles. The third-order valence-corrected chi connectivity index (χ3v) is 2.21. The van der Waals surface area contributed by atoms with E-state index in [4.69, 9.17) is 10.2 Å². The first kappa shape index (κ1) is 11.9. The maximum absolute atomic E-state index is 10.6. The standard InChI is InChI=1S/C9H16O4/c1-3-7(9(12)13)5-4-6(2)8(10)11/h6-7H,3-5H2,1-2H3,(H,10,11)(H,12,13)/t6-,7+/m1/s1. The third kappa shape index (κ3) is 4.50. The quantitative estimate of drug-likeness (QED) is 0.663. The van der Waals surface area contributed by atoms with Crippen molar-refractivity contribution in [1.82, 2.24) is 0 Å². The minimum Gasteiger partial charge on any atom is -0.481 e. The van der Waals surface area contributed by atoms with Crippen molar-refractivity contribution in [3.63, 3.8) is 0 Å². The summed E-state index contributed by atoms with van der Waals surface area (Å²) in [5.41, 5.74) is 0. The highest BCUT2D eigenvalue weighted by Crippen LogP contribution is 2.15. The Hall–Kier alpha value is -1.06. The van der Waals surface area contributed by atoms with E-state index in [2.05, 4.69) is 0 Å². The molecular formula is C9H16O4. The zero-order chi connectivity index (χ0) is 10.4. The van der Waals surface area contributed by atoms with Gasteiger partial charge in [0, 0.05) is 0 Å².